The molecule has 4 amide bonds. The minimum Gasteiger partial charge on any atom is -0.491 e. The Labute approximate surface area is 460 Å². The molecule has 3 aromatic heterocycles. The molecule has 77 heavy (non-hydrogen) atoms. The van der Waals surface area contributed by atoms with Crippen LogP contribution in [0.4, 0.5) is 0 Å². The highest BCUT2D eigenvalue weighted by Gasteiger charge is 2.46. The molecule has 3 aliphatic rings. The standard InChI is InChI=1S/C56H64ClN9O9S2/c1-32(2)50(65-29-40-9-7-8-10-43(40)54(65)70)55(71)64-30-42(67)26-45(64)53(69)59-28-39-12-11-38(51-34(4)60-31-76-51)25-46(39)75-24-23-74-22-21-73-20-19-72-18-17-58-47(68)27-44-52-63-62-36(6)66(52)56-48(33(3)35(5)77-56)49(61-44)37-13-15-41(57)16-14-37/h7-16,25,31-32,42,44-45,50,67H,17-24,26-30H2,1-6H3,(H,58,68)(H,59,69)/t42-,44+,45+,50+/m1/s1. The Morgan fingerprint density at radius 3 is 2.31 bits per heavy atom. The maximum Gasteiger partial charge on any atom is 0.255 e. The minimum atomic E-state index is -0.924. The molecule has 1 fully saturated rings. The Balaban J connectivity index is 0.706. The minimum absolute atomic E-state index is 0.0105. The van der Waals surface area contributed by atoms with E-state index in [2.05, 4.69) is 39.7 Å². The summed E-state index contributed by atoms with van der Waals surface area (Å²) in [5, 5.41) is 27.2. The van der Waals surface area contributed by atoms with Crippen LogP contribution in [0.25, 0.3) is 15.4 Å². The molecule has 0 unspecified atom stereocenters. The van der Waals surface area contributed by atoms with Crippen molar-refractivity contribution in [1.82, 2.24) is 40.2 Å². The second kappa shape index (κ2) is 24.9. The lowest BCUT2D eigenvalue weighted by Crippen LogP contribution is -2.55. The highest BCUT2D eigenvalue weighted by atomic mass is 35.5. The van der Waals surface area contributed by atoms with Gasteiger partial charge >= 0.3 is 0 Å². The predicted molar refractivity (Wildman–Crippen MR) is 294 cm³/mol. The molecule has 9 rings (SSSR count). The number of benzene rings is 3. The summed E-state index contributed by atoms with van der Waals surface area (Å²) in [6.07, 6.45) is -0.739. The van der Waals surface area contributed by atoms with Crippen LogP contribution in [0.3, 0.4) is 0 Å². The zero-order valence-corrected chi connectivity index (χ0v) is 46.4. The van der Waals surface area contributed by atoms with Gasteiger partial charge in [0.25, 0.3) is 5.91 Å². The lowest BCUT2D eigenvalue weighted by Gasteiger charge is -2.35. The van der Waals surface area contributed by atoms with Gasteiger partial charge in [-0.3, -0.25) is 28.7 Å². The number of thiophene rings is 1. The van der Waals surface area contributed by atoms with Gasteiger partial charge in [-0.2, -0.15) is 0 Å². The topological polar surface area (TPSA) is 212 Å². The molecule has 6 aromatic rings. The number of carbonyl (C=O) groups is 4. The van der Waals surface area contributed by atoms with Gasteiger partial charge in [0.05, 0.1) is 74.0 Å². The fraction of sp³-hybridized carbons (Fsp3) is 0.429. The van der Waals surface area contributed by atoms with Crippen molar-refractivity contribution in [1.29, 1.82) is 0 Å². The van der Waals surface area contributed by atoms with E-state index < -0.39 is 30.1 Å². The fourth-order valence-electron chi connectivity index (χ4n) is 10.0. The highest BCUT2D eigenvalue weighted by Crippen LogP contribution is 2.40. The number of hydrogen-bond donors (Lipinski definition) is 3. The molecule has 18 nitrogen and oxygen atoms in total. The summed E-state index contributed by atoms with van der Waals surface area (Å²) in [7, 11) is 0. The number of aliphatic hydroxyl groups excluding tert-OH is 1. The van der Waals surface area contributed by atoms with E-state index in [0.717, 1.165) is 54.9 Å². The van der Waals surface area contributed by atoms with Crippen molar-refractivity contribution in [2.75, 3.05) is 59.3 Å². The van der Waals surface area contributed by atoms with Crippen molar-refractivity contribution >= 4 is 63.6 Å². The Kier molecular flexibility index (Phi) is 17.9. The molecular formula is C56H64ClN9O9S2. The third-order valence-electron chi connectivity index (χ3n) is 14.0. The van der Waals surface area contributed by atoms with E-state index in [1.54, 1.807) is 33.9 Å². The molecule has 0 spiro atoms. The van der Waals surface area contributed by atoms with Crippen LogP contribution in [0, 0.1) is 33.6 Å². The number of aliphatic hydroxyl groups is 1. The second-order valence-corrected chi connectivity index (χ2v) is 22.1. The molecule has 1 saturated heterocycles. The van der Waals surface area contributed by atoms with Crippen molar-refractivity contribution in [3.05, 3.63) is 133 Å². The largest absolute Gasteiger partial charge is 0.491 e. The van der Waals surface area contributed by atoms with E-state index in [4.69, 9.17) is 35.5 Å². The first-order valence-electron chi connectivity index (χ1n) is 25.9. The molecule has 3 aliphatic heterocycles. The van der Waals surface area contributed by atoms with Crippen LogP contribution in [0.2, 0.25) is 5.02 Å². The summed E-state index contributed by atoms with van der Waals surface area (Å²) in [4.78, 5) is 69.8. The summed E-state index contributed by atoms with van der Waals surface area (Å²) >= 11 is 9.43. The molecule has 3 N–H and O–H groups in total. The maximum atomic E-state index is 14.3. The summed E-state index contributed by atoms with van der Waals surface area (Å²) < 4.78 is 25.6. The van der Waals surface area contributed by atoms with Gasteiger partial charge in [0.15, 0.2) is 5.82 Å². The van der Waals surface area contributed by atoms with Crippen LogP contribution < -0.4 is 15.4 Å². The number of β-amino-alcohol motifs (C(OH)–C–C–N with tert-alkyl or cyclic N) is 1. The maximum absolute atomic E-state index is 14.3. The number of thiazole rings is 1. The molecule has 21 heteroatoms. The third kappa shape index (κ3) is 12.5. The third-order valence-corrected chi connectivity index (χ3v) is 16.4. The Morgan fingerprint density at radius 1 is 0.883 bits per heavy atom. The van der Waals surface area contributed by atoms with Crippen molar-refractivity contribution in [3.63, 3.8) is 0 Å². The number of carbonyl (C=O) groups excluding carboxylic acids is 4. The number of likely N-dealkylation sites (tertiary alicyclic amines) is 1. The molecule has 4 atom stereocenters. The van der Waals surface area contributed by atoms with Crippen LogP contribution in [0.5, 0.6) is 5.75 Å². The number of fused-ring (bicyclic) bond motifs is 4. The lowest BCUT2D eigenvalue weighted by molar-refractivity contribution is -0.143. The van der Waals surface area contributed by atoms with Gasteiger partial charge in [-0.25, -0.2) is 4.98 Å². The smallest absolute Gasteiger partial charge is 0.255 e. The number of amides is 4. The number of aryl methyl sites for hydroxylation is 3. The number of nitrogens with zero attached hydrogens (tertiary/aromatic N) is 7. The number of hydrogen-bond acceptors (Lipinski definition) is 15. The molecular weight excluding hydrogens is 1040 g/mol. The molecule has 0 saturated carbocycles. The van der Waals surface area contributed by atoms with Crippen molar-refractivity contribution in [2.45, 2.75) is 91.7 Å². The molecule has 0 radical (unpaired) electrons. The lowest BCUT2D eigenvalue weighted by atomic mass is 9.99. The van der Waals surface area contributed by atoms with Crippen molar-refractivity contribution in [2.24, 2.45) is 10.9 Å². The SMILES string of the molecule is Cc1ncsc1-c1ccc(CNC(=O)[C@@H]2C[C@@H](O)CN2C(=O)[C@H](C(C)C)N2Cc3ccccc3C2=O)c(OCCOCCOCCOCCNC(=O)C[C@@H]2N=C(c3ccc(Cl)cc3)c3c(sc(C)c3C)-n3c(C)nnc32)c1. The van der Waals surface area contributed by atoms with E-state index in [-0.39, 0.29) is 62.8 Å². The normalized spacial score (nSPS) is 17.2. The van der Waals surface area contributed by atoms with Crippen molar-refractivity contribution in [3.8, 4) is 21.2 Å². The number of halogens is 1. The summed E-state index contributed by atoms with van der Waals surface area (Å²) in [5.74, 6) is 0.478. The van der Waals surface area contributed by atoms with E-state index in [9.17, 15) is 24.3 Å². The quantitative estimate of drug-likeness (QED) is 0.0548. The Morgan fingerprint density at radius 2 is 1.60 bits per heavy atom. The van der Waals surface area contributed by atoms with E-state index in [1.165, 1.54) is 21.1 Å². The van der Waals surface area contributed by atoms with Crippen LogP contribution in [-0.4, -0.2) is 142 Å². The van der Waals surface area contributed by atoms with E-state index in [0.29, 0.717) is 73.8 Å². The number of aliphatic imine (C=N–C) groups is 1. The first-order valence-corrected chi connectivity index (χ1v) is 27.9. The zero-order chi connectivity index (χ0) is 54.3. The van der Waals surface area contributed by atoms with Crippen LogP contribution in [0.15, 0.2) is 77.2 Å². The molecule has 6 heterocycles. The average Bonchev–Trinajstić information content (AvgIpc) is 4.24. The predicted octanol–water partition coefficient (Wildman–Crippen LogP) is 7.13. The highest BCUT2D eigenvalue weighted by molar-refractivity contribution is 7.15. The van der Waals surface area contributed by atoms with Gasteiger partial charge in [0, 0.05) is 64.8 Å². The van der Waals surface area contributed by atoms with Gasteiger partial charge in [0.1, 0.15) is 41.3 Å². The summed E-state index contributed by atoms with van der Waals surface area (Å²) in [5.41, 5.74) is 9.55. The van der Waals surface area contributed by atoms with Crippen LogP contribution in [-0.2, 0) is 41.7 Å². The molecule has 0 bridgehead atoms. The summed E-state index contributed by atoms with van der Waals surface area (Å²) in [6, 6.07) is 18.4. The first kappa shape index (κ1) is 55.4. The summed E-state index contributed by atoms with van der Waals surface area (Å²) in [6.45, 7) is 14.6. The van der Waals surface area contributed by atoms with E-state index in [1.807, 2.05) is 86.9 Å². The Bertz CT molecular complexity index is 3140. The molecule has 3 aromatic carbocycles. The van der Waals surface area contributed by atoms with E-state index >= 15 is 0 Å². The van der Waals surface area contributed by atoms with Crippen molar-refractivity contribution < 1.29 is 43.2 Å². The Hall–Kier alpha value is -6.39. The van der Waals surface area contributed by atoms with Gasteiger partial charge in [-0.15, -0.1) is 32.9 Å². The monoisotopic (exact) mass is 1110 g/mol. The number of ether oxygens (including phenoxy) is 4. The van der Waals surface area contributed by atoms with Gasteiger partial charge < -0.3 is 44.5 Å². The molecule has 406 valence electrons. The average molecular weight is 1110 g/mol. The van der Waals surface area contributed by atoms with Gasteiger partial charge in [0.2, 0.25) is 17.7 Å². The van der Waals surface area contributed by atoms with Gasteiger partial charge in [-0.1, -0.05) is 67.9 Å². The van der Waals surface area contributed by atoms with Crippen LogP contribution in [0.1, 0.15) is 93.1 Å². The van der Waals surface area contributed by atoms with Gasteiger partial charge in [-0.05, 0) is 74.6 Å². The number of nitrogens with one attached hydrogen (secondary N) is 2. The number of aromatic nitrogens is 4. The molecule has 0 aliphatic carbocycles. The van der Waals surface area contributed by atoms with Crippen LogP contribution >= 0.6 is 34.3 Å². The first-order chi connectivity index (χ1) is 37.2. The fourth-order valence-corrected chi connectivity index (χ4v) is 12.1. The zero-order valence-electron chi connectivity index (χ0n) is 44.0. The second-order valence-electron chi connectivity index (χ2n) is 19.6. The number of rotatable bonds is 23.